The van der Waals surface area contributed by atoms with Gasteiger partial charge in [0.15, 0.2) is 0 Å². The lowest BCUT2D eigenvalue weighted by Crippen LogP contribution is -2.03. The SMILES string of the molecule is COc1cc(F)ccc1-c1ccc2cnc(S(C)=O)nn12. The number of benzene rings is 1. The van der Waals surface area contributed by atoms with Gasteiger partial charge in [0.2, 0.25) is 5.16 Å². The van der Waals surface area contributed by atoms with Crippen molar-refractivity contribution in [3.05, 3.63) is 42.3 Å². The Morgan fingerprint density at radius 3 is 2.81 bits per heavy atom. The van der Waals surface area contributed by atoms with Gasteiger partial charge in [-0.2, -0.15) is 0 Å². The number of hydrogen-bond donors (Lipinski definition) is 0. The standard InChI is InChI=1S/C14H12FN3O2S/c1-20-13-7-9(15)3-5-11(13)12-6-4-10-8-16-14(21(2)19)17-18(10)12/h3-8H,1-2H3. The largest absolute Gasteiger partial charge is 0.496 e. The third kappa shape index (κ3) is 2.40. The number of ether oxygens (including phenoxy) is 1. The van der Waals surface area contributed by atoms with Gasteiger partial charge in [0.1, 0.15) is 11.6 Å². The average Bonchev–Trinajstić information content (AvgIpc) is 2.89. The van der Waals surface area contributed by atoms with Crippen LogP contribution in [0.2, 0.25) is 0 Å². The Morgan fingerprint density at radius 2 is 2.10 bits per heavy atom. The third-order valence-electron chi connectivity index (χ3n) is 3.07. The number of rotatable bonds is 3. The predicted molar refractivity (Wildman–Crippen MR) is 77.3 cm³/mol. The molecular formula is C14H12FN3O2S. The van der Waals surface area contributed by atoms with E-state index in [4.69, 9.17) is 4.74 Å². The second-order valence-corrected chi connectivity index (χ2v) is 5.67. The first-order chi connectivity index (χ1) is 10.1. The van der Waals surface area contributed by atoms with Crippen molar-refractivity contribution in [3.8, 4) is 17.0 Å². The molecule has 0 aliphatic rings. The summed E-state index contributed by atoms with van der Waals surface area (Å²) in [6.45, 7) is 0. The summed E-state index contributed by atoms with van der Waals surface area (Å²) in [6.07, 6.45) is 3.12. The molecule has 0 bridgehead atoms. The molecule has 0 fully saturated rings. The lowest BCUT2D eigenvalue weighted by molar-refractivity contribution is 0.412. The highest BCUT2D eigenvalue weighted by atomic mass is 32.2. The van der Waals surface area contributed by atoms with Crippen molar-refractivity contribution in [1.29, 1.82) is 0 Å². The minimum atomic E-state index is -1.28. The van der Waals surface area contributed by atoms with E-state index in [1.165, 1.54) is 25.5 Å². The van der Waals surface area contributed by atoms with Gasteiger partial charge in [-0.15, -0.1) is 5.10 Å². The van der Waals surface area contributed by atoms with Crippen LogP contribution < -0.4 is 4.74 Å². The van der Waals surface area contributed by atoms with Crippen molar-refractivity contribution >= 4 is 16.3 Å². The van der Waals surface area contributed by atoms with Crippen LogP contribution >= 0.6 is 0 Å². The van der Waals surface area contributed by atoms with Crippen LogP contribution in [0.15, 0.2) is 41.7 Å². The molecule has 5 nitrogen and oxygen atoms in total. The summed E-state index contributed by atoms with van der Waals surface area (Å²) >= 11 is 0. The summed E-state index contributed by atoms with van der Waals surface area (Å²) in [5.41, 5.74) is 2.17. The van der Waals surface area contributed by atoms with Crippen molar-refractivity contribution in [2.24, 2.45) is 0 Å². The molecule has 0 aliphatic heterocycles. The van der Waals surface area contributed by atoms with E-state index in [0.29, 0.717) is 11.3 Å². The van der Waals surface area contributed by atoms with E-state index in [0.717, 1.165) is 11.2 Å². The molecule has 1 aromatic carbocycles. The zero-order valence-corrected chi connectivity index (χ0v) is 12.2. The monoisotopic (exact) mass is 305 g/mol. The van der Waals surface area contributed by atoms with Crippen molar-refractivity contribution < 1.29 is 13.3 Å². The molecule has 3 aromatic rings. The summed E-state index contributed by atoms with van der Waals surface area (Å²) in [5.74, 6) is 0.0363. The third-order valence-corrected chi connectivity index (χ3v) is 3.78. The first-order valence-electron chi connectivity index (χ1n) is 6.12. The Hall–Kier alpha value is -2.28. The molecule has 2 heterocycles. The fraction of sp³-hybridized carbons (Fsp3) is 0.143. The van der Waals surface area contributed by atoms with Gasteiger partial charge in [-0.3, -0.25) is 4.21 Å². The van der Waals surface area contributed by atoms with Crippen molar-refractivity contribution in [3.63, 3.8) is 0 Å². The van der Waals surface area contributed by atoms with Crippen molar-refractivity contribution in [2.45, 2.75) is 5.16 Å². The molecule has 0 spiro atoms. The van der Waals surface area contributed by atoms with E-state index in [1.54, 1.807) is 16.8 Å². The van der Waals surface area contributed by atoms with Crippen LogP contribution in [0.1, 0.15) is 0 Å². The zero-order valence-electron chi connectivity index (χ0n) is 11.4. The minimum absolute atomic E-state index is 0.237. The summed E-state index contributed by atoms with van der Waals surface area (Å²) in [4.78, 5) is 4.05. The Labute approximate surface area is 122 Å². The van der Waals surface area contributed by atoms with Crippen LogP contribution in [0, 0.1) is 5.82 Å². The fourth-order valence-corrected chi connectivity index (χ4v) is 2.50. The van der Waals surface area contributed by atoms with E-state index >= 15 is 0 Å². The van der Waals surface area contributed by atoms with Crippen molar-refractivity contribution in [1.82, 2.24) is 14.6 Å². The number of hydrogen-bond acceptors (Lipinski definition) is 4. The number of fused-ring (bicyclic) bond motifs is 1. The molecule has 3 rings (SSSR count). The van der Waals surface area contributed by atoms with Crippen LogP contribution in [-0.4, -0.2) is 32.2 Å². The molecule has 2 aromatic heterocycles. The van der Waals surface area contributed by atoms with Gasteiger partial charge in [0, 0.05) is 17.9 Å². The van der Waals surface area contributed by atoms with Crippen LogP contribution in [0.5, 0.6) is 5.75 Å². The highest BCUT2D eigenvalue weighted by Crippen LogP contribution is 2.31. The Kier molecular flexibility index (Phi) is 3.42. The van der Waals surface area contributed by atoms with Gasteiger partial charge in [-0.05, 0) is 24.3 Å². The van der Waals surface area contributed by atoms with E-state index < -0.39 is 10.8 Å². The maximum Gasteiger partial charge on any atom is 0.237 e. The molecule has 0 radical (unpaired) electrons. The van der Waals surface area contributed by atoms with Crippen LogP contribution in [0.3, 0.4) is 0 Å². The number of halogens is 1. The molecule has 7 heteroatoms. The maximum atomic E-state index is 13.3. The number of nitrogens with zero attached hydrogens (tertiary/aromatic N) is 3. The molecule has 108 valence electrons. The number of methoxy groups -OCH3 is 1. The molecule has 0 aliphatic carbocycles. The second-order valence-electron chi connectivity index (χ2n) is 4.39. The van der Waals surface area contributed by atoms with E-state index in [2.05, 4.69) is 10.1 Å². The van der Waals surface area contributed by atoms with Crippen LogP contribution in [0.25, 0.3) is 16.8 Å². The van der Waals surface area contributed by atoms with Crippen LogP contribution in [-0.2, 0) is 10.8 Å². The first-order valence-corrected chi connectivity index (χ1v) is 7.68. The average molecular weight is 305 g/mol. The van der Waals surface area contributed by atoms with Gasteiger partial charge < -0.3 is 4.74 Å². The summed E-state index contributed by atoms with van der Waals surface area (Å²) in [6, 6.07) is 7.97. The fourth-order valence-electron chi connectivity index (χ4n) is 2.10. The van der Waals surface area contributed by atoms with Gasteiger partial charge >= 0.3 is 0 Å². The molecule has 0 amide bonds. The molecule has 1 atom stereocenters. The van der Waals surface area contributed by atoms with E-state index in [-0.39, 0.29) is 11.0 Å². The Morgan fingerprint density at radius 1 is 1.29 bits per heavy atom. The summed E-state index contributed by atoms with van der Waals surface area (Å²) < 4.78 is 31.7. The lowest BCUT2D eigenvalue weighted by Gasteiger charge is -2.08. The van der Waals surface area contributed by atoms with Gasteiger partial charge in [-0.25, -0.2) is 13.9 Å². The lowest BCUT2D eigenvalue weighted by atomic mass is 10.1. The van der Waals surface area contributed by atoms with Gasteiger partial charge in [0.05, 0.1) is 35.3 Å². The number of aromatic nitrogens is 3. The van der Waals surface area contributed by atoms with E-state index in [1.807, 2.05) is 12.1 Å². The molecule has 21 heavy (non-hydrogen) atoms. The quantitative estimate of drug-likeness (QED) is 0.745. The smallest absolute Gasteiger partial charge is 0.237 e. The van der Waals surface area contributed by atoms with Gasteiger partial charge in [-0.1, -0.05) is 0 Å². The summed E-state index contributed by atoms with van der Waals surface area (Å²) in [5, 5.41) is 4.50. The Bertz CT molecular complexity index is 847. The van der Waals surface area contributed by atoms with Gasteiger partial charge in [0.25, 0.3) is 0 Å². The summed E-state index contributed by atoms with van der Waals surface area (Å²) in [7, 11) is 0.203. The second kappa shape index (κ2) is 5.25. The Balaban J connectivity index is 2.25. The maximum absolute atomic E-state index is 13.3. The molecule has 0 saturated carbocycles. The van der Waals surface area contributed by atoms with E-state index in [9.17, 15) is 8.60 Å². The zero-order chi connectivity index (χ0) is 15.0. The van der Waals surface area contributed by atoms with Crippen LogP contribution in [0.4, 0.5) is 4.39 Å². The molecule has 1 unspecified atom stereocenters. The molecule has 0 N–H and O–H groups in total. The molecule has 0 saturated heterocycles. The highest BCUT2D eigenvalue weighted by molar-refractivity contribution is 7.84. The predicted octanol–water partition coefficient (Wildman–Crippen LogP) is 2.28. The normalized spacial score (nSPS) is 12.5. The minimum Gasteiger partial charge on any atom is -0.496 e. The highest BCUT2D eigenvalue weighted by Gasteiger charge is 2.13. The first kappa shape index (κ1) is 13.7. The van der Waals surface area contributed by atoms with Crippen molar-refractivity contribution in [2.75, 3.05) is 13.4 Å². The topological polar surface area (TPSA) is 56.5 Å². The molecular weight excluding hydrogens is 293 g/mol.